The monoisotopic (exact) mass is 406 g/mol. The van der Waals surface area contributed by atoms with Crippen molar-refractivity contribution in [1.82, 2.24) is 24.6 Å². The van der Waals surface area contributed by atoms with Crippen molar-refractivity contribution in [2.24, 2.45) is 18.9 Å². The van der Waals surface area contributed by atoms with Gasteiger partial charge < -0.3 is 10.2 Å². The topological polar surface area (TPSA) is 75.9 Å². The molecule has 3 aromatic rings. The zero-order chi connectivity index (χ0) is 21.1. The van der Waals surface area contributed by atoms with E-state index in [1.54, 1.807) is 10.9 Å². The van der Waals surface area contributed by atoms with E-state index in [4.69, 9.17) is 0 Å². The van der Waals surface area contributed by atoms with Crippen molar-refractivity contribution in [3.8, 4) is 11.1 Å². The van der Waals surface area contributed by atoms with Crippen molar-refractivity contribution < 1.29 is 4.79 Å². The number of aryl methyl sites for hydroxylation is 1. The van der Waals surface area contributed by atoms with Gasteiger partial charge in [-0.25, -0.2) is 4.98 Å². The Labute approximate surface area is 177 Å². The van der Waals surface area contributed by atoms with Crippen LogP contribution in [0.3, 0.4) is 0 Å². The molecular formula is C23H30N6O. The van der Waals surface area contributed by atoms with E-state index in [1.165, 1.54) is 0 Å². The third-order valence-electron chi connectivity index (χ3n) is 5.67. The van der Waals surface area contributed by atoms with Crippen LogP contribution in [-0.4, -0.2) is 50.2 Å². The lowest BCUT2D eigenvalue weighted by atomic mass is 10.00. The highest BCUT2D eigenvalue weighted by Crippen LogP contribution is 2.24. The fourth-order valence-corrected chi connectivity index (χ4v) is 4.17. The maximum atomic E-state index is 12.9. The van der Waals surface area contributed by atoms with Gasteiger partial charge in [-0.2, -0.15) is 5.10 Å². The van der Waals surface area contributed by atoms with Gasteiger partial charge in [0.2, 0.25) is 5.91 Å². The van der Waals surface area contributed by atoms with Crippen LogP contribution in [0, 0.1) is 11.8 Å². The highest BCUT2D eigenvalue weighted by molar-refractivity contribution is 5.94. The Bertz CT molecular complexity index is 1030. The van der Waals surface area contributed by atoms with E-state index >= 15 is 0 Å². The van der Waals surface area contributed by atoms with Gasteiger partial charge in [0, 0.05) is 48.4 Å². The number of nitrogens with zero attached hydrogens (tertiary/aromatic N) is 5. The van der Waals surface area contributed by atoms with Crippen LogP contribution in [-0.2, 0) is 11.8 Å². The summed E-state index contributed by atoms with van der Waals surface area (Å²) in [5, 5.41) is 8.21. The highest BCUT2D eigenvalue weighted by atomic mass is 16.1. The third kappa shape index (κ3) is 4.84. The van der Waals surface area contributed by atoms with Gasteiger partial charge in [0.25, 0.3) is 0 Å². The number of nitrogens with one attached hydrogen (secondary N) is 1. The zero-order valence-corrected chi connectivity index (χ0v) is 18.0. The smallest absolute Gasteiger partial charge is 0.228 e. The molecule has 0 bridgehead atoms. The first-order valence-electron chi connectivity index (χ1n) is 10.8. The van der Waals surface area contributed by atoms with Gasteiger partial charge >= 0.3 is 0 Å². The highest BCUT2D eigenvalue weighted by Gasteiger charge is 2.23. The van der Waals surface area contributed by atoms with Gasteiger partial charge in [0.15, 0.2) is 0 Å². The number of hydrogen-bond donors (Lipinski definition) is 1. The zero-order valence-electron chi connectivity index (χ0n) is 18.0. The lowest BCUT2D eigenvalue weighted by molar-refractivity contribution is -0.120. The molecule has 30 heavy (non-hydrogen) atoms. The molecule has 0 spiro atoms. The second-order valence-corrected chi connectivity index (χ2v) is 8.70. The average Bonchev–Trinajstić information content (AvgIpc) is 3.01. The fourth-order valence-electron chi connectivity index (χ4n) is 4.17. The Hall–Kier alpha value is -2.80. The van der Waals surface area contributed by atoms with Crippen LogP contribution >= 0.6 is 0 Å². The molecular weight excluding hydrogens is 376 g/mol. The minimum Gasteiger partial charge on any atom is -0.310 e. The minimum atomic E-state index is 0.0412. The van der Waals surface area contributed by atoms with Crippen molar-refractivity contribution in [2.45, 2.75) is 33.1 Å². The van der Waals surface area contributed by atoms with E-state index in [-0.39, 0.29) is 11.8 Å². The minimum absolute atomic E-state index is 0.0412. The molecule has 7 heteroatoms. The molecule has 1 unspecified atom stereocenters. The Morgan fingerprint density at radius 2 is 2.00 bits per heavy atom. The predicted octanol–water partition coefficient (Wildman–Crippen LogP) is 3.73. The molecule has 158 valence electrons. The van der Waals surface area contributed by atoms with E-state index < -0.39 is 0 Å². The molecule has 4 rings (SSSR count). The molecule has 0 saturated carbocycles. The van der Waals surface area contributed by atoms with E-state index in [0.717, 1.165) is 60.9 Å². The number of carbonyl (C=O) groups excluding carboxylic acids is 1. The Morgan fingerprint density at radius 1 is 1.13 bits per heavy atom. The summed E-state index contributed by atoms with van der Waals surface area (Å²) in [6.07, 6.45) is 10.2. The first-order valence-corrected chi connectivity index (χ1v) is 10.8. The molecule has 1 aliphatic rings. The number of fused-ring (bicyclic) bond motifs is 1. The van der Waals surface area contributed by atoms with E-state index in [9.17, 15) is 4.79 Å². The summed E-state index contributed by atoms with van der Waals surface area (Å²) >= 11 is 0. The molecule has 4 heterocycles. The second-order valence-electron chi connectivity index (χ2n) is 8.70. The number of aromatic nitrogens is 4. The molecule has 0 aromatic carbocycles. The Morgan fingerprint density at radius 3 is 2.77 bits per heavy atom. The normalized spacial score (nSPS) is 17.9. The van der Waals surface area contributed by atoms with Crippen LogP contribution in [0.1, 0.15) is 33.1 Å². The van der Waals surface area contributed by atoms with Crippen LogP contribution < -0.4 is 5.32 Å². The SMILES string of the molecule is CC(C)CN1CCCC(C(=O)Nc2cc3cc(-c4cnn(C)c4)cnc3cn2)CC1. The van der Waals surface area contributed by atoms with Crippen molar-refractivity contribution >= 4 is 22.6 Å². The predicted molar refractivity (Wildman–Crippen MR) is 119 cm³/mol. The summed E-state index contributed by atoms with van der Waals surface area (Å²) < 4.78 is 1.77. The van der Waals surface area contributed by atoms with E-state index in [0.29, 0.717) is 11.7 Å². The van der Waals surface area contributed by atoms with Crippen LogP contribution in [0.4, 0.5) is 5.82 Å². The second kappa shape index (κ2) is 8.92. The lowest BCUT2D eigenvalue weighted by Crippen LogP contribution is -2.29. The summed E-state index contributed by atoms with van der Waals surface area (Å²) in [4.78, 5) is 24.3. The first-order chi connectivity index (χ1) is 14.5. The molecule has 0 aliphatic carbocycles. The van der Waals surface area contributed by atoms with E-state index in [1.807, 2.05) is 31.7 Å². The number of likely N-dealkylation sites (tertiary alicyclic amines) is 1. The Balaban J connectivity index is 1.46. The first kappa shape index (κ1) is 20.5. The van der Waals surface area contributed by atoms with Crippen molar-refractivity contribution in [3.05, 3.63) is 36.9 Å². The quantitative estimate of drug-likeness (QED) is 0.699. The van der Waals surface area contributed by atoms with Crippen molar-refractivity contribution in [3.63, 3.8) is 0 Å². The molecule has 1 atom stereocenters. The summed E-state index contributed by atoms with van der Waals surface area (Å²) in [7, 11) is 1.89. The summed E-state index contributed by atoms with van der Waals surface area (Å²) in [5.41, 5.74) is 2.81. The summed E-state index contributed by atoms with van der Waals surface area (Å²) in [6.45, 7) is 7.66. The number of hydrogen-bond acceptors (Lipinski definition) is 5. The molecule has 1 N–H and O–H groups in total. The van der Waals surface area contributed by atoms with Gasteiger partial charge in [-0.1, -0.05) is 13.8 Å². The maximum Gasteiger partial charge on any atom is 0.228 e. The summed E-state index contributed by atoms with van der Waals surface area (Å²) in [5.74, 6) is 1.35. The molecule has 1 amide bonds. The number of anilines is 1. The summed E-state index contributed by atoms with van der Waals surface area (Å²) in [6, 6.07) is 3.97. The van der Waals surface area contributed by atoms with Gasteiger partial charge in [-0.15, -0.1) is 0 Å². The molecule has 1 fully saturated rings. The Kier molecular flexibility index (Phi) is 6.08. The average molecular weight is 407 g/mol. The number of amides is 1. The largest absolute Gasteiger partial charge is 0.310 e. The molecule has 1 saturated heterocycles. The molecule has 3 aromatic heterocycles. The lowest BCUT2D eigenvalue weighted by Gasteiger charge is -2.22. The van der Waals surface area contributed by atoms with Gasteiger partial charge in [-0.05, 0) is 50.4 Å². The standard InChI is InChI=1S/C23H30N6O/c1-16(2)14-29-7-4-5-17(6-8-29)23(30)27-22-10-18-9-19(11-24-21(18)13-25-22)20-12-26-28(3)15-20/h9-13,15-17H,4-8,14H2,1-3H3,(H,25,27,30). The van der Waals surface area contributed by atoms with Crippen LogP contribution in [0.2, 0.25) is 0 Å². The number of pyridine rings is 2. The van der Waals surface area contributed by atoms with Gasteiger partial charge in [0.05, 0.1) is 17.9 Å². The van der Waals surface area contributed by atoms with Crippen LogP contribution in [0.15, 0.2) is 36.9 Å². The van der Waals surface area contributed by atoms with Crippen molar-refractivity contribution in [1.29, 1.82) is 0 Å². The molecule has 7 nitrogen and oxygen atoms in total. The van der Waals surface area contributed by atoms with Crippen LogP contribution in [0.25, 0.3) is 22.0 Å². The van der Waals surface area contributed by atoms with Crippen molar-refractivity contribution in [2.75, 3.05) is 25.0 Å². The van der Waals surface area contributed by atoms with Gasteiger partial charge in [0.1, 0.15) is 5.82 Å². The molecule has 0 radical (unpaired) electrons. The van der Waals surface area contributed by atoms with E-state index in [2.05, 4.69) is 45.2 Å². The number of rotatable bonds is 5. The maximum absolute atomic E-state index is 12.9. The third-order valence-corrected chi connectivity index (χ3v) is 5.67. The number of carbonyl (C=O) groups is 1. The van der Waals surface area contributed by atoms with Gasteiger partial charge in [-0.3, -0.25) is 14.5 Å². The fraction of sp³-hybridized carbons (Fsp3) is 0.478. The molecule has 1 aliphatic heterocycles. The van der Waals surface area contributed by atoms with Crippen LogP contribution in [0.5, 0.6) is 0 Å².